The lowest BCUT2D eigenvalue weighted by molar-refractivity contribution is -0.144. The Morgan fingerprint density at radius 3 is 2.50 bits per heavy atom. The largest absolute Gasteiger partial charge is 0.335 e. The molecule has 2 aromatic heterocycles. The maximum Gasteiger partial charge on any atom is 0.290 e. The molecule has 0 radical (unpaired) electrons. The van der Waals surface area contributed by atoms with Gasteiger partial charge in [0.05, 0.1) is 12.2 Å². The lowest BCUT2D eigenvalue weighted by atomic mass is 9.97. The molecule has 190 valence electrons. The van der Waals surface area contributed by atoms with Crippen LogP contribution in [0.3, 0.4) is 0 Å². The van der Waals surface area contributed by atoms with Crippen molar-refractivity contribution in [3.05, 3.63) is 68.7 Å². The number of hydroxylamine groups is 1. The van der Waals surface area contributed by atoms with Gasteiger partial charge in [0, 0.05) is 34.3 Å². The minimum atomic E-state index is -3.98. The maximum absolute atomic E-state index is 13.7. The number of carbonyl (C=O) groups is 3. The van der Waals surface area contributed by atoms with Crippen LogP contribution in [0, 0.1) is 0 Å². The predicted octanol–water partition coefficient (Wildman–Crippen LogP) is 3.68. The summed E-state index contributed by atoms with van der Waals surface area (Å²) in [4.78, 5) is 40.2. The molecule has 1 aliphatic rings. The fraction of sp³-hybridized carbons (Fsp3) is 0.292. The van der Waals surface area contributed by atoms with Crippen molar-refractivity contribution in [1.82, 2.24) is 10.4 Å². The molecule has 1 saturated heterocycles. The third-order valence-electron chi connectivity index (χ3n) is 6.24. The predicted molar refractivity (Wildman–Crippen MR) is 139 cm³/mol. The van der Waals surface area contributed by atoms with Gasteiger partial charge in [0.25, 0.3) is 5.91 Å². The van der Waals surface area contributed by atoms with Crippen molar-refractivity contribution in [3.63, 3.8) is 0 Å². The van der Waals surface area contributed by atoms with Crippen molar-refractivity contribution in [2.45, 2.75) is 24.0 Å². The van der Waals surface area contributed by atoms with Gasteiger partial charge >= 0.3 is 0 Å². The van der Waals surface area contributed by atoms with E-state index in [0.717, 1.165) is 16.0 Å². The summed E-state index contributed by atoms with van der Waals surface area (Å²) in [6.07, 6.45) is -0.670. The summed E-state index contributed by atoms with van der Waals surface area (Å²) < 4.78 is 25.7. The molecule has 0 spiro atoms. The third kappa shape index (κ3) is 5.40. The summed E-state index contributed by atoms with van der Waals surface area (Å²) in [6.45, 7) is -0.186. The topological polar surface area (TPSA) is 121 Å². The van der Waals surface area contributed by atoms with Crippen molar-refractivity contribution in [3.8, 4) is 10.4 Å². The highest BCUT2D eigenvalue weighted by molar-refractivity contribution is 7.92. The van der Waals surface area contributed by atoms with E-state index in [0.29, 0.717) is 9.90 Å². The van der Waals surface area contributed by atoms with Gasteiger partial charge in [0.1, 0.15) is 4.75 Å². The number of nitrogens with one attached hydrogen (secondary N) is 1. The number of amides is 2. The highest BCUT2D eigenvalue weighted by Crippen LogP contribution is 2.45. The molecule has 0 bridgehead atoms. The molecule has 1 aromatic carbocycles. The quantitative estimate of drug-likeness (QED) is 0.256. The van der Waals surface area contributed by atoms with Crippen LogP contribution in [0.1, 0.15) is 23.3 Å². The number of hydrogen-bond donors (Lipinski definition) is 2. The van der Waals surface area contributed by atoms with Crippen molar-refractivity contribution in [2.24, 2.45) is 0 Å². The number of thiophene rings is 2. The van der Waals surface area contributed by atoms with E-state index in [9.17, 15) is 28.0 Å². The smallest absolute Gasteiger partial charge is 0.290 e. The summed E-state index contributed by atoms with van der Waals surface area (Å²) in [5, 5.41) is 13.4. The molecular formula is C24H23ClN2O6S3. The molecule has 3 aromatic rings. The Labute approximate surface area is 221 Å². The van der Waals surface area contributed by atoms with Gasteiger partial charge < -0.3 is 4.90 Å². The fourth-order valence-corrected chi connectivity index (χ4v) is 8.66. The molecule has 1 fully saturated rings. The first-order valence-corrected chi connectivity index (χ1v) is 14.8. The number of halogens is 1. The van der Waals surface area contributed by atoms with Crippen LogP contribution in [0.2, 0.25) is 5.02 Å². The first-order chi connectivity index (χ1) is 17.1. The zero-order chi connectivity index (χ0) is 25.9. The maximum atomic E-state index is 13.7. The van der Waals surface area contributed by atoms with E-state index in [-0.39, 0.29) is 25.9 Å². The van der Waals surface area contributed by atoms with Gasteiger partial charge in [-0.15, -0.1) is 11.3 Å². The number of ketones is 1. The Morgan fingerprint density at radius 2 is 1.83 bits per heavy atom. The van der Waals surface area contributed by atoms with E-state index >= 15 is 0 Å². The van der Waals surface area contributed by atoms with Gasteiger partial charge in [-0.25, -0.2) is 13.9 Å². The Kier molecular flexibility index (Phi) is 7.96. The highest BCUT2D eigenvalue weighted by atomic mass is 35.5. The van der Waals surface area contributed by atoms with E-state index in [1.807, 2.05) is 17.5 Å². The minimum Gasteiger partial charge on any atom is -0.335 e. The lowest BCUT2D eigenvalue weighted by Crippen LogP contribution is -2.41. The average Bonchev–Trinajstić information content (AvgIpc) is 3.53. The van der Waals surface area contributed by atoms with Crippen molar-refractivity contribution in [2.75, 3.05) is 18.8 Å². The Morgan fingerprint density at radius 1 is 1.08 bits per heavy atom. The lowest BCUT2D eigenvalue weighted by Gasteiger charge is -2.30. The van der Waals surface area contributed by atoms with Gasteiger partial charge in [-0.3, -0.25) is 19.6 Å². The molecule has 1 atom stereocenters. The van der Waals surface area contributed by atoms with Crippen LogP contribution in [0.5, 0.6) is 0 Å². The van der Waals surface area contributed by atoms with Crippen LogP contribution in [0.15, 0.2) is 53.2 Å². The number of carbonyl (C=O) groups excluding carboxylic acids is 3. The minimum absolute atomic E-state index is 0.0275. The third-order valence-corrected chi connectivity index (χ3v) is 11.2. The molecular weight excluding hydrogens is 544 g/mol. The summed E-state index contributed by atoms with van der Waals surface area (Å²) >= 11 is 8.62. The Balaban J connectivity index is 1.65. The number of Topliss-reactive ketones (excluding diaryl/α,β-unsaturated/α-hetero) is 1. The van der Waals surface area contributed by atoms with Crippen LogP contribution >= 0.6 is 34.3 Å². The normalized spacial score (nSPS) is 19.4. The first kappa shape index (κ1) is 26.5. The SMILES string of the molecule is O=C(CC1(c2ccc(-c3ccc(Cl)cc3)s2)CCN(C(=O)C(=O)Cc2ccsc2)CCS1(=O)=O)NO. The average molecular weight is 567 g/mol. The molecule has 12 heteroatoms. The Bertz CT molecular complexity index is 1370. The zero-order valence-electron chi connectivity index (χ0n) is 19.0. The van der Waals surface area contributed by atoms with Crippen LogP contribution < -0.4 is 5.48 Å². The van der Waals surface area contributed by atoms with E-state index in [1.54, 1.807) is 35.7 Å². The molecule has 3 heterocycles. The zero-order valence-corrected chi connectivity index (χ0v) is 22.2. The molecule has 4 rings (SSSR count). The number of rotatable bonds is 7. The van der Waals surface area contributed by atoms with E-state index in [1.165, 1.54) is 33.1 Å². The van der Waals surface area contributed by atoms with Gasteiger partial charge in [-0.1, -0.05) is 23.7 Å². The van der Waals surface area contributed by atoms with Gasteiger partial charge in [0.15, 0.2) is 9.84 Å². The van der Waals surface area contributed by atoms with Gasteiger partial charge in [-0.2, -0.15) is 11.3 Å². The van der Waals surface area contributed by atoms with Crippen LogP contribution in [-0.4, -0.2) is 55.0 Å². The molecule has 36 heavy (non-hydrogen) atoms. The second-order valence-electron chi connectivity index (χ2n) is 8.47. The molecule has 0 aliphatic carbocycles. The number of sulfone groups is 1. The van der Waals surface area contributed by atoms with E-state index in [2.05, 4.69) is 0 Å². The van der Waals surface area contributed by atoms with Crippen molar-refractivity contribution >= 4 is 61.7 Å². The molecule has 0 saturated carbocycles. The first-order valence-electron chi connectivity index (χ1n) is 11.0. The highest BCUT2D eigenvalue weighted by Gasteiger charge is 2.50. The standard InChI is InChI=1S/C24H23ClN2O6S3/c25-18-3-1-17(2-4-18)20-5-6-21(35-20)24(14-22(29)26-31)8-9-27(10-12-36(24,32)33)23(30)19(28)13-16-7-11-34-15-16/h1-7,11,15,31H,8-10,12-14H2,(H,26,29). The fourth-order valence-electron chi connectivity index (χ4n) is 4.26. The monoisotopic (exact) mass is 566 g/mol. The van der Waals surface area contributed by atoms with Crippen molar-refractivity contribution < 1.29 is 28.0 Å². The van der Waals surface area contributed by atoms with Gasteiger partial charge in [-0.05, 0) is 58.6 Å². The summed E-state index contributed by atoms with van der Waals surface area (Å²) in [6, 6.07) is 12.3. The second-order valence-corrected chi connectivity index (χ2v) is 13.2. The van der Waals surface area contributed by atoms with Crippen LogP contribution in [0.25, 0.3) is 10.4 Å². The number of hydrogen-bond acceptors (Lipinski definition) is 8. The second kappa shape index (κ2) is 10.8. The summed E-state index contributed by atoms with van der Waals surface area (Å²) in [5.74, 6) is -2.63. The summed E-state index contributed by atoms with van der Waals surface area (Å²) in [7, 11) is -3.98. The molecule has 2 amide bonds. The number of benzene rings is 1. The molecule has 8 nitrogen and oxygen atoms in total. The summed E-state index contributed by atoms with van der Waals surface area (Å²) in [5.41, 5.74) is 3.10. The Hall–Kier alpha value is -2.57. The molecule has 1 aliphatic heterocycles. The molecule has 1 unspecified atom stereocenters. The van der Waals surface area contributed by atoms with Crippen LogP contribution in [0.4, 0.5) is 0 Å². The molecule has 2 N–H and O–H groups in total. The van der Waals surface area contributed by atoms with Crippen LogP contribution in [-0.2, 0) is 35.4 Å². The van der Waals surface area contributed by atoms with E-state index < -0.39 is 44.4 Å². The van der Waals surface area contributed by atoms with E-state index in [4.69, 9.17) is 11.6 Å². The number of nitrogens with zero attached hydrogens (tertiary/aromatic N) is 1. The van der Waals surface area contributed by atoms with Crippen molar-refractivity contribution in [1.29, 1.82) is 0 Å². The van der Waals surface area contributed by atoms with Gasteiger partial charge in [0.2, 0.25) is 11.7 Å².